The Labute approximate surface area is 115 Å². The number of nitrogens with one attached hydrogen (secondary N) is 1. The molecule has 0 amide bonds. The van der Waals surface area contributed by atoms with E-state index in [9.17, 15) is 4.39 Å². The molecule has 104 valence electrons. The van der Waals surface area contributed by atoms with E-state index in [1.54, 1.807) is 12.1 Å². The van der Waals surface area contributed by atoms with E-state index in [0.29, 0.717) is 0 Å². The molecule has 1 N–H and O–H groups in total. The average Bonchev–Trinajstić information content (AvgIpc) is 3.12. The van der Waals surface area contributed by atoms with Crippen molar-refractivity contribution in [2.75, 3.05) is 6.54 Å². The van der Waals surface area contributed by atoms with Gasteiger partial charge in [-0.3, -0.25) is 0 Å². The van der Waals surface area contributed by atoms with Crippen LogP contribution in [0.25, 0.3) is 0 Å². The van der Waals surface area contributed by atoms with Gasteiger partial charge in [0, 0.05) is 6.04 Å². The number of rotatable bonds is 5. The summed E-state index contributed by atoms with van der Waals surface area (Å²) in [4.78, 5) is 0. The third-order valence-electron chi connectivity index (χ3n) is 4.86. The van der Waals surface area contributed by atoms with Gasteiger partial charge in [0.1, 0.15) is 5.82 Å². The second-order valence-corrected chi connectivity index (χ2v) is 6.41. The van der Waals surface area contributed by atoms with E-state index < -0.39 is 0 Å². The van der Waals surface area contributed by atoms with Crippen molar-refractivity contribution in [2.24, 2.45) is 11.8 Å². The summed E-state index contributed by atoms with van der Waals surface area (Å²) in [5.41, 5.74) is 2.45. The molecule has 1 aromatic rings. The smallest absolute Gasteiger partial charge is 0.123 e. The van der Waals surface area contributed by atoms with Crippen LogP contribution in [0.15, 0.2) is 18.2 Å². The SMILES string of the molecule is Cc1ccc(F)cc1CC1CCCC1CNC1CC1. The Kier molecular flexibility index (Phi) is 3.88. The molecule has 2 heteroatoms. The van der Waals surface area contributed by atoms with Gasteiger partial charge in [-0.25, -0.2) is 4.39 Å². The minimum atomic E-state index is -0.0914. The van der Waals surface area contributed by atoms with Gasteiger partial charge in [-0.05, 0) is 80.7 Å². The van der Waals surface area contributed by atoms with Gasteiger partial charge in [0.25, 0.3) is 0 Å². The van der Waals surface area contributed by atoms with E-state index in [0.717, 1.165) is 24.3 Å². The quantitative estimate of drug-likeness (QED) is 0.849. The Morgan fingerprint density at radius 2 is 1.95 bits per heavy atom. The minimum Gasteiger partial charge on any atom is -0.314 e. The summed E-state index contributed by atoms with van der Waals surface area (Å²) in [5.74, 6) is 1.45. The second kappa shape index (κ2) is 5.62. The van der Waals surface area contributed by atoms with Crippen LogP contribution in [0.2, 0.25) is 0 Å². The molecule has 2 atom stereocenters. The molecular weight excluding hydrogens is 237 g/mol. The molecule has 2 saturated carbocycles. The zero-order valence-electron chi connectivity index (χ0n) is 11.8. The highest BCUT2D eigenvalue weighted by Gasteiger charge is 2.29. The van der Waals surface area contributed by atoms with Crippen molar-refractivity contribution >= 4 is 0 Å². The van der Waals surface area contributed by atoms with Crippen LogP contribution in [0, 0.1) is 24.6 Å². The van der Waals surface area contributed by atoms with E-state index in [1.807, 2.05) is 6.07 Å². The molecule has 0 aliphatic heterocycles. The predicted molar refractivity (Wildman–Crippen MR) is 76.7 cm³/mol. The first-order valence-corrected chi connectivity index (χ1v) is 7.71. The number of hydrogen-bond acceptors (Lipinski definition) is 1. The maximum Gasteiger partial charge on any atom is 0.123 e. The topological polar surface area (TPSA) is 12.0 Å². The van der Waals surface area contributed by atoms with Gasteiger partial charge < -0.3 is 5.32 Å². The summed E-state index contributed by atoms with van der Waals surface area (Å²) in [5, 5.41) is 3.67. The molecule has 2 aliphatic carbocycles. The zero-order valence-corrected chi connectivity index (χ0v) is 11.8. The van der Waals surface area contributed by atoms with Gasteiger partial charge in [0.05, 0.1) is 0 Å². The van der Waals surface area contributed by atoms with Crippen LogP contribution in [0.5, 0.6) is 0 Å². The van der Waals surface area contributed by atoms with Crippen LogP contribution < -0.4 is 5.32 Å². The zero-order chi connectivity index (χ0) is 13.2. The number of hydrogen-bond donors (Lipinski definition) is 1. The van der Waals surface area contributed by atoms with Gasteiger partial charge >= 0.3 is 0 Å². The number of benzene rings is 1. The minimum absolute atomic E-state index is 0.0914. The Hall–Kier alpha value is -0.890. The maximum absolute atomic E-state index is 13.4. The molecule has 1 aromatic carbocycles. The summed E-state index contributed by atoms with van der Waals surface area (Å²) < 4.78 is 13.4. The van der Waals surface area contributed by atoms with E-state index in [2.05, 4.69) is 12.2 Å². The predicted octanol–water partition coefficient (Wildman–Crippen LogP) is 3.84. The third kappa shape index (κ3) is 3.36. The van der Waals surface area contributed by atoms with Gasteiger partial charge in [0.2, 0.25) is 0 Å². The van der Waals surface area contributed by atoms with Crippen LogP contribution in [-0.4, -0.2) is 12.6 Å². The molecule has 3 rings (SSSR count). The molecule has 0 saturated heterocycles. The van der Waals surface area contributed by atoms with Crippen LogP contribution in [0.3, 0.4) is 0 Å². The number of halogens is 1. The molecule has 0 bridgehead atoms. The highest BCUT2D eigenvalue weighted by Crippen LogP contribution is 2.35. The van der Waals surface area contributed by atoms with Crippen LogP contribution in [-0.2, 0) is 6.42 Å². The fraction of sp³-hybridized carbons (Fsp3) is 0.647. The fourth-order valence-corrected chi connectivity index (χ4v) is 3.40. The first-order valence-electron chi connectivity index (χ1n) is 7.71. The lowest BCUT2D eigenvalue weighted by atomic mass is 9.88. The van der Waals surface area contributed by atoms with Crippen molar-refractivity contribution in [3.63, 3.8) is 0 Å². The summed E-state index contributed by atoms with van der Waals surface area (Å²) in [7, 11) is 0. The molecule has 0 radical (unpaired) electrons. The monoisotopic (exact) mass is 261 g/mol. The summed E-state index contributed by atoms with van der Waals surface area (Å²) in [6, 6.07) is 6.02. The summed E-state index contributed by atoms with van der Waals surface area (Å²) in [6.45, 7) is 3.27. The molecule has 19 heavy (non-hydrogen) atoms. The lowest BCUT2D eigenvalue weighted by Gasteiger charge is -2.21. The first kappa shape index (κ1) is 13.1. The van der Waals surface area contributed by atoms with E-state index in [-0.39, 0.29) is 5.82 Å². The Bertz CT molecular complexity index is 439. The van der Waals surface area contributed by atoms with Crippen molar-refractivity contribution in [1.29, 1.82) is 0 Å². The van der Waals surface area contributed by atoms with E-state index in [1.165, 1.54) is 49.8 Å². The molecule has 2 unspecified atom stereocenters. The molecule has 2 aliphatic rings. The molecule has 0 heterocycles. The standard InChI is InChI=1S/C17H24FN/c1-12-5-6-16(18)10-15(12)9-13-3-2-4-14(13)11-19-17-7-8-17/h5-6,10,13-14,17,19H,2-4,7-9,11H2,1H3. The number of aryl methyl sites for hydroxylation is 1. The highest BCUT2D eigenvalue weighted by molar-refractivity contribution is 5.27. The Morgan fingerprint density at radius 1 is 1.16 bits per heavy atom. The maximum atomic E-state index is 13.4. The largest absolute Gasteiger partial charge is 0.314 e. The highest BCUT2D eigenvalue weighted by atomic mass is 19.1. The molecular formula is C17H24FN. The van der Waals surface area contributed by atoms with Crippen LogP contribution >= 0.6 is 0 Å². The lowest BCUT2D eigenvalue weighted by Crippen LogP contribution is -2.27. The van der Waals surface area contributed by atoms with Crippen LogP contribution in [0.4, 0.5) is 4.39 Å². The molecule has 0 spiro atoms. The van der Waals surface area contributed by atoms with Gasteiger partial charge in [-0.15, -0.1) is 0 Å². The van der Waals surface area contributed by atoms with E-state index >= 15 is 0 Å². The van der Waals surface area contributed by atoms with Crippen molar-refractivity contribution in [3.8, 4) is 0 Å². The Morgan fingerprint density at radius 3 is 2.74 bits per heavy atom. The van der Waals surface area contributed by atoms with Gasteiger partial charge in [0.15, 0.2) is 0 Å². The average molecular weight is 261 g/mol. The summed E-state index contributed by atoms with van der Waals surface area (Å²) >= 11 is 0. The third-order valence-corrected chi connectivity index (χ3v) is 4.86. The fourth-order valence-electron chi connectivity index (χ4n) is 3.40. The van der Waals surface area contributed by atoms with E-state index in [4.69, 9.17) is 0 Å². The van der Waals surface area contributed by atoms with Crippen molar-refractivity contribution in [1.82, 2.24) is 5.32 Å². The molecule has 1 nitrogen and oxygen atoms in total. The summed E-state index contributed by atoms with van der Waals surface area (Å²) in [6.07, 6.45) is 7.78. The van der Waals surface area contributed by atoms with Gasteiger partial charge in [-0.1, -0.05) is 12.5 Å². The Balaban J connectivity index is 1.61. The lowest BCUT2D eigenvalue weighted by molar-refractivity contribution is 0.363. The normalized spacial score (nSPS) is 26.8. The van der Waals surface area contributed by atoms with Crippen molar-refractivity contribution in [3.05, 3.63) is 35.1 Å². The van der Waals surface area contributed by atoms with Gasteiger partial charge in [-0.2, -0.15) is 0 Å². The molecule has 0 aromatic heterocycles. The molecule has 2 fully saturated rings. The second-order valence-electron chi connectivity index (χ2n) is 6.41. The first-order chi connectivity index (χ1) is 9.22. The van der Waals surface area contributed by atoms with Crippen molar-refractivity contribution < 1.29 is 4.39 Å². The van der Waals surface area contributed by atoms with Crippen LogP contribution in [0.1, 0.15) is 43.2 Å². The van der Waals surface area contributed by atoms with Crippen molar-refractivity contribution in [2.45, 2.75) is 51.5 Å².